The molecule has 5 rings (SSSR count). The van der Waals surface area contributed by atoms with Gasteiger partial charge in [-0.05, 0) is 117 Å². The van der Waals surface area contributed by atoms with Crippen LogP contribution in [0.5, 0.6) is 0 Å². The second kappa shape index (κ2) is 14.3. The zero-order chi connectivity index (χ0) is 32.1. The highest BCUT2D eigenvalue weighted by molar-refractivity contribution is 7.99. The molecule has 2 saturated heterocycles. The van der Waals surface area contributed by atoms with E-state index in [1.54, 1.807) is 0 Å². The number of anilines is 2. The molecule has 2 aliphatic heterocycles. The van der Waals surface area contributed by atoms with Gasteiger partial charge in [-0.15, -0.1) is 0 Å². The third-order valence-corrected chi connectivity index (χ3v) is 10.6. The maximum atomic E-state index is 13.9. The second-order valence-corrected chi connectivity index (χ2v) is 13.5. The van der Waals surface area contributed by atoms with Gasteiger partial charge in [-0.1, -0.05) is 12.1 Å². The first-order chi connectivity index (χ1) is 21.7. The molecule has 1 amide bonds. The summed E-state index contributed by atoms with van der Waals surface area (Å²) in [7, 11) is 1.88. The number of benzene rings is 2. The van der Waals surface area contributed by atoms with Crippen LogP contribution in [-0.2, 0) is 21.5 Å². The van der Waals surface area contributed by atoms with Crippen LogP contribution in [0.15, 0.2) is 41.2 Å². The van der Waals surface area contributed by atoms with Gasteiger partial charge in [0.25, 0.3) is 11.5 Å². The van der Waals surface area contributed by atoms with Crippen LogP contribution in [0.1, 0.15) is 70.9 Å². The van der Waals surface area contributed by atoms with Gasteiger partial charge in [0.15, 0.2) is 0 Å². The minimum Gasteiger partial charge on any atom is -0.388 e. The molecule has 0 bridgehead atoms. The Balaban J connectivity index is 1.57. The van der Waals surface area contributed by atoms with Crippen LogP contribution < -0.4 is 21.1 Å². The summed E-state index contributed by atoms with van der Waals surface area (Å²) in [6, 6.07) is 12.7. The SMILES string of the molecule is CCN(c1cc(-c2ccc(C3(C=O)CCOCC3)c(NC)c2)cc(C(=O)NCc2c(C)cc(C)[nH]c2=O)c1C)C1CCSCC1. The topological polar surface area (TPSA) is 104 Å². The molecule has 2 aromatic carbocycles. The van der Waals surface area contributed by atoms with E-state index in [4.69, 9.17) is 4.74 Å². The fraction of sp³-hybridized carbons (Fsp3) is 0.472. The lowest BCUT2D eigenvalue weighted by atomic mass is 9.74. The molecule has 8 nitrogen and oxygen atoms in total. The minimum absolute atomic E-state index is 0.146. The molecule has 9 heteroatoms. The highest BCUT2D eigenvalue weighted by Crippen LogP contribution is 2.40. The molecule has 3 heterocycles. The zero-order valence-electron chi connectivity index (χ0n) is 27.2. The predicted molar refractivity (Wildman–Crippen MR) is 185 cm³/mol. The number of aryl methyl sites for hydroxylation is 2. The molecule has 2 fully saturated rings. The first kappa shape index (κ1) is 32.8. The van der Waals surface area contributed by atoms with Crippen molar-refractivity contribution in [2.24, 2.45) is 0 Å². The average molecular weight is 631 g/mol. The van der Waals surface area contributed by atoms with Crippen LogP contribution in [-0.4, -0.2) is 61.5 Å². The van der Waals surface area contributed by atoms with E-state index in [2.05, 4.69) is 51.7 Å². The van der Waals surface area contributed by atoms with Gasteiger partial charge >= 0.3 is 0 Å². The number of hydrogen-bond donors (Lipinski definition) is 3. The zero-order valence-corrected chi connectivity index (χ0v) is 28.0. The number of aldehydes is 1. The van der Waals surface area contributed by atoms with Crippen molar-refractivity contribution in [1.82, 2.24) is 10.3 Å². The first-order valence-electron chi connectivity index (χ1n) is 16.0. The largest absolute Gasteiger partial charge is 0.388 e. The summed E-state index contributed by atoms with van der Waals surface area (Å²) < 4.78 is 5.58. The summed E-state index contributed by atoms with van der Waals surface area (Å²) in [5, 5.41) is 6.38. The van der Waals surface area contributed by atoms with Crippen molar-refractivity contribution in [2.75, 3.05) is 48.5 Å². The van der Waals surface area contributed by atoms with Gasteiger partial charge in [0.05, 0.1) is 5.41 Å². The van der Waals surface area contributed by atoms with Crippen LogP contribution in [0.25, 0.3) is 11.1 Å². The highest BCUT2D eigenvalue weighted by atomic mass is 32.2. The summed E-state index contributed by atoms with van der Waals surface area (Å²) in [5.74, 6) is 2.06. The third-order valence-electron chi connectivity index (χ3n) is 9.60. The number of thioether (sulfide) groups is 1. The van der Waals surface area contributed by atoms with Crippen molar-refractivity contribution in [2.45, 2.75) is 71.4 Å². The summed E-state index contributed by atoms with van der Waals surface area (Å²) in [4.78, 5) is 44.3. The number of aromatic amines is 1. The van der Waals surface area contributed by atoms with Crippen LogP contribution >= 0.6 is 11.8 Å². The fourth-order valence-electron chi connectivity index (χ4n) is 6.94. The molecule has 0 unspecified atom stereocenters. The van der Waals surface area contributed by atoms with Crippen molar-refractivity contribution >= 4 is 35.3 Å². The number of amides is 1. The number of carbonyl (C=O) groups is 2. The van der Waals surface area contributed by atoms with Gasteiger partial charge in [0, 0.05) is 67.6 Å². The molecule has 240 valence electrons. The van der Waals surface area contributed by atoms with Crippen LogP contribution in [0.4, 0.5) is 11.4 Å². The molecule has 3 N–H and O–H groups in total. The molecule has 0 saturated carbocycles. The Morgan fingerprint density at radius 3 is 2.47 bits per heavy atom. The highest BCUT2D eigenvalue weighted by Gasteiger charge is 2.36. The molecule has 0 radical (unpaired) electrons. The number of carbonyl (C=O) groups excluding carboxylic acids is 2. The van der Waals surface area contributed by atoms with E-state index in [0.29, 0.717) is 43.2 Å². The number of nitrogens with one attached hydrogen (secondary N) is 3. The smallest absolute Gasteiger partial charge is 0.253 e. The van der Waals surface area contributed by atoms with Gasteiger partial charge < -0.3 is 30.0 Å². The van der Waals surface area contributed by atoms with E-state index >= 15 is 0 Å². The van der Waals surface area contributed by atoms with Crippen LogP contribution in [0.3, 0.4) is 0 Å². The number of pyridine rings is 1. The van der Waals surface area contributed by atoms with Gasteiger partial charge in [0.2, 0.25) is 0 Å². The van der Waals surface area contributed by atoms with E-state index in [0.717, 1.165) is 82.1 Å². The molecule has 1 aromatic heterocycles. The lowest BCUT2D eigenvalue weighted by Crippen LogP contribution is -2.38. The molecule has 45 heavy (non-hydrogen) atoms. The molecule has 0 atom stereocenters. The van der Waals surface area contributed by atoms with E-state index in [1.165, 1.54) is 0 Å². The molecular weight excluding hydrogens is 584 g/mol. The number of aromatic nitrogens is 1. The number of H-pyrrole nitrogens is 1. The Kier molecular flexibility index (Phi) is 10.4. The first-order valence-corrected chi connectivity index (χ1v) is 17.2. The van der Waals surface area contributed by atoms with Crippen molar-refractivity contribution in [3.8, 4) is 11.1 Å². The number of hydrogen-bond acceptors (Lipinski definition) is 7. The Bertz CT molecular complexity index is 1610. The number of ether oxygens (including phenoxy) is 1. The summed E-state index contributed by atoms with van der Waals surface area (Å²) in [6.45, 7) is 10.1. The number of nitrogens with zero attached hydrogens (tertiary/aromatic N) is 1. The molecular formula is C36H46N4O4S. The summed E-state index contributed by atoms with van der Waals surface area (Å²) in [6.07, 6.45) is 4.60. The van der Waals surface area contributed by atoms with Gasteiger partial charge in [-0.3, -0.25) is 9.59 Å². The molecule has 3 aromatic rings. The monoisotopic (exact) mass is 630 g/mol. The maximum Gasteiger partial charge on any atom is 0.253 e. The van der Waals surface area contributed by atoms with E-state index in [-0.39, 0.29) is 18.0 Å². The van der Waals surface area contributed by atoms with Crippen LogP contribution in [0.2, 0.25) is 0 Å². The number of rotatable bonds is 10. The molecule has 0 aliphatic carbocycles. The predicted octanol–water partition coefficient (Wildman–Crippen LogP) is 5.91. The van der Waals surface area contributed by atoms with Crippen molar-refractivity contribution < 1.29 is 14.3 Å². The van der Waals surface area contributed by atoms with Gasteiger partial charge in [-0.2, -0.15) is 11.8 Å². The summed E-state index contributed by atoms with van der Waals surface area (Å²) >= 11 is 2.00. The van der Waals surface area contributed by atoms with Gasteiger partial charge in [-0.25, -0.2) is 0 Å². The summed E-state index contributed by atoms with van der Waals surface area (Å²) in [5.41, 5.74) is 7.81. The van der Waals surface area contributed by atoms with Gasteiger partial charge in [0.1, 0.15) is 6.29 Å². The Morgan fingerprint density at radius 1 is 1.09 bits per heavy atom. The quantitative estimate of drug-likeness (QED) is 0.240. The Labute approximate surface area is 270 Å². The van der Waals surface area contributed by atoms with E-state index in [9.17, 15) is 14.4 Å². The van der Waals surface area contributed by atoms with Crippen molar-refractivity contribution in [3.63, 3.8) is 0 Å². The van der Waals surface area contributed by atoms with Crippen LogP contribution in [0, 0.1) is 20.8 Å². The molecule has 2 aliphatic rings. The van der Waals surface area contributed by atoms with E-state index < -0.39 is 5.41 Å². The Morgan fingerprint density at radius 2 is 1.82 bits per heavy atom. The molecule has 0 spiro atoms. The minimum atomic E-state index is -0.581. The van der Waals surface area contributed by atoms with Crippen molar-refractivity contribution in [1.29, 1.82) is 0 Å². The van der Waals surface area contributed by atoms with E-state index in [1.807, 2.05) is 51.7 Å². The average Bonchev–Trinajstić information content (AvgIpc) is 3.05. The maximum absolute atomic E-state index is 13.9. The lowest BCUT2D eigenvalue weighted by molar-refractivity contribution is -0.115. The third kappa shape index (κ3) is 6.84. The lowest BCUT2D eigenvalue weighted by Gasteiger charge is -2.37. The standard InChI is InChI=1S/C36H46N4O4S/c1-6-40(28-9-15-45-16-10-28)33-20-27(26-7-8-31(32(19-26)37-5)36(22-41)11-13-44-14-12-36)18-29(25(33)4)34(42)38-21-30-23(2)17-24(3)39-35(30)43/h7-8,17-20,22,28,37H,6,9-16,21H2,1-5H3,(H,38,42)(H,39,43). The van der Waals surface area contributed by atoms with Crippen molar-refractivity contribution in [3.05, 3.63) is 80.3 Å². The second-order valence-electron chi connectivity index (χ2n) is 12.3. The normalized spacial score (nSPS) is 16.6. The fourth-order valence-corrected chi connectivity index (χ4v) is 8.02. The Hall–Kier alpha value is -3.56.